The maximum atomic E-state index is 12.5. The summed E-state index contributed by atoms with van der Waals surface area (Å²) in [6.07, 6.45) is 4.62. The Labute approximate surface area is 127 Å². The summed E-state index contributed by atoms with van der Waals surface area (Å²) in [4.78, 5) is 12.5. The zero-order valence-electron chi connectivity index (χ0n) is 13.1. The number of hydrogen-bond donors (Lipinski definition) is 2. The summed E-state index contributed by atoms with van der Waals surface area (Å²) in [6.45, 7) is 6.49. The van der Waals surface area contributed by atoms with Crippen molar-refractivity contribution in [3.8, 4) is 0 Å². The highest BCUT2D eigenvalue weighted by Gasteiger charge is 2.26. The molecule has 1 heterocycles. The van der Waals surface area contributed by atoms with E-state index in [2.05, 4.69) is 36.6 Å². The second-order valence-corrected chi connectivity index (χ2v) is 6.89. The van der Waals surface area contributed by atoms with Gasteiger partial charge in [0.25, 0.3) is 5.91 Å². The minimum absolute atomic E-state index is 0.0924. The van der Waals surface area contributed by atoms with Crippen molar-refractivity contribution in [2.45, 2.75) is 52.1 Å². The minimum atomic E-state index is 0.0924. The van der Waals surface area contributed by atoms with Gasteiger partial charge in [0.2, 0.25) is 0 Å². The van der Waals surface area contributed by atoms with Gasteiger partial charge < -0.3 is 10.6 Å². The van der Waals surface area contributed by atoms with E-state index in [1.165, 1.54) is 24.0 Å². The molecule has 3 rings (SSSR count). The van der Waals surface area contributed by atoms with Crippen LogP contribution in [0.5, 0.6) is 0 Å². The summed E-state index contributed by atoms with van der Waals surface area (Å²) >= 11 is 0. The fraction of sp³-hybridized carbons (Fsp3) is 0.611. The minimum Gasteiger partial charge on any atom is -0.349 e. The molecule has 2 N–H and O–H groups in total. The molecule has 1 aromatic carbocycles. The third kappa shape index (κ3) is 3.29. The standard InChI is InChI=1S/C18H26N2O/c1-12-3-6-17(13(2)9-12)20-18(21)15-5-4-14-7-8-19-11-16(14)10-15/h4-5,10,12-13,17,19H,3,6-9,11H2,1-2H3,(H,20,21). The van der Waals surface area contributed by atoms with Gasteiger partial charge in [-0.25, -0.2) is 0 Å². The van der Waals surface area contributed by atoms with Gasteiger partial charge in [-0.3, -0.25) is 4.79 Å². The highest BCUT2D eigenvalue weighted by molar-refractivity contribution is 5.94. The first-order valence-corrected chi connectivity index (χ1v) is 8.27. The molecule has 21 heavy (non-hydrogen) atoms. The van der Waals surface area contributed by atoms with Gasteiger partial charge in [-0.1, -0.05) is 19.9 Å². The zero-order chi connectivity index (χ0) is 14.8. The van der Waals surface area contributed by atoms with Crippen molar-refractivity contribution in [2.24, 2.45) is 11.8 Å². The molecule has 0 saturated heterocycles. The summed E-state index contributed by atoms with van der Waals surface area (Å²) in [5.74, 6) is 1.47. The maximum Gasteiger partial charge on any atom is 0.251 e. The van der Waals surface area contributed by atoms with E-state index in [0.717, 1.165) is 37.4 Å². The van der Waals surface area contributed by atoms with Crippen molar-refractivity contribution in [2.75, 3.05) is 6.54 Å². The summed E-state index contributed by atoms with van der Waals surface area (Å²) in [7, 11) is 0. The SMILES string of the molecule is CC1CCC(NC(=O)c2ccc3c(c2)CNCC3)C(C)C1. The number of benzene rings is 1. The van der Waals surface area contributed by atoms with Crippen LogP contribution in [0.25, 0.3) is 0 Å². The van der Waals surface area contributed by atoms with Crippen molar-refractivity contribution < 1.29 is 4.79 Å². The molecule has 3 nitrogen and oxygen atoms in total. The largest absolute Gasteiger partial charge is 0.349 e. The van der Waals surface area contributed by atoms with Crippen molar-refractivity contribution in [3.05, 3.63) is 34.9 Å². The number of fused-ring (bicyclic) bond motifs is 1. The van der Waals surface area contributed by atoms with E-state index in [9.17, 15) is 4.79 Å². The molecule has 1 amide bonds. The normalized spacial score (nSPS) is 28.8. The number of nitrogens with one attached hydrogen (secondary N) is 2. The van der Waals surface area contributed by atoms with Gasteiger partial charge in [0.05, 0.1) is 0 Å². The van der Waals surface area contributed by atoms with Crippen molar-refractivity contribution >= 4 is 5.91 Å². The Morgan fingerprint density at radius 2 is 2.10 bits per heavy atom. The average molecular weight is 286 g/mol. The Hall–Kier alpha value is -1.35. The van der Waals surface area contributed by atoms with Crippen LogP contribution in [-0.4, -0.2) is 18.5 Å². The quantitative estimate of drug-likeness (QED) is 0.877. The highest BCUT2D eigenvalue weighted by atomic mass is 16.1. The topological polar surface area (TPSA) is 41.1 Å². The van der Waals surface area contributed by atoms with Crippen LogP contribution in [0.3, 0.4) is 0 Å². The predicted octanol–water partition coefficient (Wildman–Crippen LogP) is 2.89. The molecule has 0 aromatic heterocycles. The molecule has 0 bridgehead atoms. The number of carbonyl (C=O) groups excluding carboxylic acids is 1. The fourth-order valence-corrected chi connectivity index (χ4v) is 3.75. The van der Waals surface area contributed by atoms with Gasteiger partial charge in [-0.15, -0.1) is 0 Å². The van der Waals surface area contributed by atoms with Gasteiger partial charge in [0, 0.05) is 18.2 Å². The van der Waals surface area contributed by atoms with Crippen LogP contribution in [0.4, 0.5) is 0 Å². The third-order valence-corrected chi connectivity index (χ3v) is 5.10. The molecule has 1 fully saturated rings. The molecule has 1 aliphatic carbocycles. The lowest BCUT2D eigenvalue weighted by Gasteiger charge is -2.33. The van der Waals surface area contributed by atoms with Crippen molar-refractivity contribution in [1.82, 2.24) is 10.6 Å². The molecule has 1 saturated carbocycles. The second kappa shape index (κ2) is 6.18. The fourth-order valence-electron chi connectivity index (χ4n) is 3.75. The van der Waals surface area contributed by atoms with E-state index < -0.39 is 0 Å². The Morgan fingerprint density at radius 1 is 1.24 bits per heavy atom. The molecule has 3 atom stereocenters. The molecule has 1 aromatic rings. The molecule has 2 aliphatic rings. The molecular weight excluding hydrogens is 260 g/mol. The molecule has 3 heteroatoms. The highest BCUT2D eigenvalue weighted by Crippen LogP contribution is 2.28. The van der Waals surface area contributed by atoms with E-state index >= 15 is 0 Å². The number of rotatable bonds is 2. The van der Waals surface area contributed by atoms with E-state index in [-0.39, 0.29) is 5.91 Å². The Morgan fingerprint density at radius 3 is 2.90 bits per heavy atom. The first kappa shape index (κ1) is 14.6. The molecule has 0 spiro atoms. The lowest BCUT2D eigenvalue weighted by molar-refractivity contribution is 0.0899. The monoisotopic (exact) mass is 286 g/mol. The van der Waals surface area contributed by atoms with Gasteiger partial charge in [0.1, 0.15) is 0 Å². The number of amides is 1. The summed E-state index contributed by atoms with van der Waals surface area (Å²) in [5.41, 5.74) is 3.47. The molecule has 3 unspecified atom stereocenters. The van der Waals surface area contributed by atoms with Gasteiger partial charge >= 0.3 is 0 Å². The van der Waals surface area contributed by atoms with Crippen molar-refractivity contribution in [3.63, 3.8) is 0 Å². The van der Waals surface area contributed by atoms with Crippen LogP contribution in [0.1, 0.15) is 54.6 Å². The summed E-state index contributed by atoms with van der Waals surface area (Å²) < 4.78 is 0. The average Bonchev–Trinajstić information content (AvgIpc) is 2.49. The predicted molar refractivity (Wildman–Crippen MR) is 85.3 cm³/mol. The first-order chi connectivity index (χ1) is 10.1. The molecule has 0 radical (unpaired) electrons. The van der Waals surface area contributed by atoms with Gasteiger partial charge in [-0.05, 0) is 67.3 Å². The van der Waals surface area contributed by atoms with Crippen molar-refractivity contribution in [1.29, 1.82) is 0 Å². The van der Waals surface area contributed by atoms with Crippen LogP contribution in [0, 0.1) is 11.8 Å². The maximum absolute atomic E-state index is 12.5. The lowest BCUT2D eigenvalue weighted by atomic mass is 9.80. The molecular formula is C18H26N2O. The molecule has 1 aliphatic heterocycles. The smallest absolute Gasteiger partial charge is 0.251 e. The Balaban J connectivity index is 1.68. The Kier molecular flexibility index (Phi) is 4.29. The van der Waals surface area contributed by atoms with Crippen LogP contribution in [-0.2, 0) is 13.0 Å². The van der Waals surface area contributed by atoms with E-state index in [0.29, 0.717) is 12.0 Å². The van der Waals surface area contributed by atoms with Crippen LogP contribution in [0.2, 0.25) is 0 Å². The first-order valence-electron chi connectivity index (χ1n) is 8.27. The molecule has 114 valence electrons. The van der Waals surface area contributed by atoms with E-state index in [1.807, 2.05) is 6.07 Å². The Bertz CT molecular complexity index is 526. The lowest BCUT2D eigenvalue weighted by Crippen LogP contribution is -2.42. The second-order valence-electron chi connectivity index (χ2n) is 6.89. The third-order valence-electron chi connectivity index (χ3n) is 5.10. The zero-order valence-corrected chi connectivity index (χ0v) is 13.1. The van der Waals surface area contributed by atoms with Gasteiger partial charge in [-0.2, -0.15) is 0 Å². The number of carbonyl (C=O) groups is 1. The summed E-state index contributed by atoms with van der Waals surface area (Å²) in [5, 5.41) is 6.62. The van der Waals surface area contributed by atoms with Crippen LogP contribution >= 0.6 is 0 Å². The number of hydrogen-bond acceptors (Lipinski definition) is 2. The van der Waals surface area contributed by atoms with Gasteiger partial charge in [0.15, 0.2) is 0 Å². The van der Waals surface area contributed by atoms with Crippen LogP contribution < -0.4 is 10.6 Å². The van der Waals surface area contributed by atoms with E-state index in [4.69, 9.17) is 0 Å². The van der Waals surface area contributed by atoms with E-state index in [1.54, 1.807) is 0 Å². The van der Waals surface area contributed by atoms with Crippen LogP contribution in [0.15, 0.2) is 18.2 Å². The summed E-state index contributed by atoms with van der Waals surface area (Å²) in [6, 6.07) is 6.50.